The normalized spacial score (nSPS) is 14.3. The Labute approximate surface area is 166 Å². The molecule has 0 saturated heterocycles. The third-order valence-electron chi connectivity index (χ3n) is 4.23. The molecule has 1 aliphatic carbocycles. The highest BCUT2D eigenvalue weighted by Gasteiger charge is 2.18. The average molecular weight is 409 g/mol. The van der Waals surface area contributed by atoms with Crippen molar-refractivity contribution < 1.29 is 14.1 Å². The zero-order valence-electron chi connectivity index (χ0n) is 14.7. The summed E-state index contributed by atoms with van der Waals surface area (Å²) in [7, 11) is 0. The maximum absolute atomic E-state index is 11.8. The molecule has 1 saturated carbocycles. The van der Waals surface area contributed by atoms with Crippen molar-refractivity contribution in [3.05, 3.63) is 35.2 Å². The standard InChI is InChI=1S/C18H21ClN4O3S/c19-14-8-4-3-7-13(14)17-22-16(26-23-17)11-27-10-9-15(24)21-18(25)20-12-5-1-2-6-12/h3-4,7-8,12H,1-2,5-6,9-11H2,(H2,20,21,24,25). The van der Waals surface area contributed by atoms with Crippen LogP contribution in [0.15, 0.2) is 28.8 Å². The highest BCUT2D eigenvalue weighted by molar-refractivity contribution is 7.98. The fourth-order valence-corrected chi connectivity index (χ4v) is 3.86. The van der Waals surface area contributed by atoms with E-state index >= 15 is 0 Å². The average Bonchev–Trinajstić information content (AvgIpc) is 3.31. The van der Waals surface area contributed by atoms with Gasteiger partial charge in [0.05, 0.1) is 10.8 Å². The van der Waals surface area contributed by atoms with Crippen LogP contribution in [0.4, 0.5) is 4.79 Å². The number of nitrogens with one attached hydrogen (secondary N) is 2. The van der Waals surface area contributed by atoms with Crippen molar-refractivity contribution in [3.63, 3.8) is 0 Å². The van der Waals surface area contributed by atoms with Crippen LogP contribution in [-0.2, 0) is 10.5 Å². The molecule has 0 aliphatic heterocycles. The molecule has 3 amide bonds. The second kappa shape index (κ2) is 9.75. The van der Waals surface area contributed by atoms with Gasteiger partial charge in [-0.15, -0.1) is 0 Å². The summed E-state index contributed by atoms with van der Waals surface area (Å²) in [5.41, 5.74) is 0.715. The quantitative estimate of drug-likeness (QED) is 0.676. The summed E-state index contributed by atoms with van der Waals surface area (Å²) in [4.78, 5) is 27.9. The van der Waals surface area contributed by atoms with Crippen molar-refractivity contribution in [3.8, 4) is 11.4 Å². The van der Waals surface area contributed by atoms with E-state index in [0.29, 0.717) is 33.8 Å². The molecule has 3 rings (SSSR count). The van der Waals surface area contributed by atoms with Gasteiger partial charge in [-0.25, -0.2) is 4.79 Å². The van der Waals surface area contributed by atoms with Crippen LogP contribution in [0.3, 0.4) is 0 Å². The van der Waals surface area contributed by atoms with Crippen LogP contribution in [0, 0.1) is 0 Å². The molecule has 0 unspecified atom stereocenters. The zero-order chi connectivity index (χ0) is 19.1. The lowest BCUT2D eigenvalue weighted by atomic mass is 10.2. The van der Waals surface area contributed by atoms with E-state index in [-0.39, 0.29) is 18.4 Å². The molecule has 1 heterocycles. The minimum Gasteiger partial charge on any atom is -0.338 e. The second-order valence-electron chi connectivity index (χ2n) is 6.30. The van der Waals surface area contributed by atoms with Gasteiger partial charge in [-0.2, -0.15) is 16.7 Å². The molecule has 144 valence electrons. The second-order valence-corrected chi connectivity index (χ2v) is 7.81. The van der Waals surface area contributed by atoms with Crippen molar-refractivity contribution in [2.24, 2.45) is 0 Å². The van der Waals surface area contributed by atoms with Gasteiger partial charge in [0, 0.05) is 23.8 Å². The third-order valence-corrected chi connectivity index (χ3v) is 5.50. The van der Waals surface area contributed by atoms with E-state index in [1.807, 2.05) is 18.2 Å². The molecule has 2 aromatic rings. The van der Waals surface area contributed by atoms with Crippen molar-refractivity contribution in [1.82, 2.24) is 20.8 Å². The minimum absolute atomic E-state index is 0.192. The SMILES string of the molecule is O=C(CCSCc1nc(-c2ccccc2Cl)no1)NC(=O)NC1CCCC1. The predicted octanol–water partition coefficient (Wildman–Crippen LogP) is 3.78. The maximum atomic E-state index is 11.8. The van der Waals surface area contributed by atoms with Gasteiger partial charge in [0.2, 0.25) is 17.6 Å². The Balaban J connectivity index is 1.36. The molecular formula is C18H21ClN4O3S. The molecule has 7 nitrogen and oxygen atoms in total. The van der Waals surface area contributed by atoms with Gasteiger partial charge >= 0.3 is 6.03 Å². The van der Waals surface area contributed by atoms with Crippen LogP contribution in [-0.4, -0.2) is 33.9 Å². The molecule has 0 spiro atoms. The van der Waals surface area contributed by atoms with Crippen molar-refractivity contribution in [1.29, 1.82) is 0 Å². The Morgan fingerprint density at radius 3 is 2.81 bits per heavy atom. The van der Waals surface area contributed by atoms with E-state index in [1.54, 1.807) is 6.07 Å². The molecule has 1 fully saturated rings. The van der Waals surface area contributed by atoms with Gasteiger partial charge in [-0.05, 0) is 25.0 Å². The number of aromatic nitrogens is 2. The third kappa shape index (κ3) is 5.97. The van der Waals surface area contributed by atoms with Crippen LogP contribution in [0.5, 0.6) is 0 Å². The van der Waals surface area contributed by atoms with Gasteiger partial charge < -0.3 is 9.84 Å². The molecule has 0 atom stereocenters. The number of hydrogen-bond acceptors (Lipinski definition) is 6. The number of carbonyl (C=O) groups excluding carboxylic acids is 2. The minimum atomic E-state index is -0.404. The number of urea groups is 1. The zero-order valence-corrected chi connectivity index (χ0v) is 16.3. The lowest BCUT2D eigenvalue weighted by Gasteiger charge is -2.12. The summed E-state index contributed by atoms with van der Waals surface area (Å²) in [5.74, 6) is 1.65. The number of imide groups is 1. The number of rotatable bonds is 7. The summed E-state index contributed by atoms with van der Waals surface area (Å²) in [6.45, 7) is 0. The van der Waals surface area contributed by atoms with E-state index in [9.17, 15) is 9.59 Å². The number of halogens is 1. The number of thioether (sulfide) groups is 1. The largest absolute Gasteiger partial charge is 0.338 e. The maximum Gasteiger partial charge on any atom is 0.321 e. The van der Waals surface area contributed by atoms with Gasteiger partial charge in [0.15, 0.2) is 0 Å². The molecule has 1 aliphatic rings. The highest BCUT2D eigenvalue weighted by atomic mass is 35.5. The molecule has 27 heavy (non-hydrogen) atoms. The van der Waals surface area contributed by atoms with Gasteiger partial charge in [0.1, 0.15) is 0 Å². The summed E-state index contributed by atoms with van der Waals surface area (Å²) in [5, 5.41) is 9.69. The van der Waals surface area contributed by atoms with Crippen LogP contribution in [0.1, 0.15) is 38.0 Å². The Morgan fingerprint density at radius 1 is 1.26 bits per heavy atom. The summed E-state index contributed by atoms with van der Waals surface area (Å²) < 4.78 is 5.21. The first kappa shape index (κ1) is 19.7. The number of nitrogens with zero attached hydrogens (tertiary/aromatic N) is 2. The van der Waals surface area contributed by atoms with Crippen molar-refractivity contribution in [2.45, 2.75) is 43.9 Å². The number of carbonyl (C=O) groups is 2. The molecule has 0 bridgehead atoms. The molecule has 9 heteroatoms. The number of benzene rings is 1. The fourth-order valence-electron chi connectivity index (χ4n) is 2.87. The molecule has 0 radical (unpaired) electrons. The Bertz CT molecular complexity index is 792. The van der Waals surface area contributed by atoms with Crippen LogP contribution in [0.25, 0.3) is 11.4 Å². The van der Waals surface area contributed by atoms with E-state index in [4.69, 9.17) is 16.1 Å². The van der Waals surface area contributed by atoms with Crippen molar-refractivity contribution in [2.75, 3.05) is 5.75 Å². The number of amides is 3. The fraction of sp³-hybridized carbons (Fsp3) is 0.444. The lowest BCUT2D eigenvalue weighted by molar-refractivity contribution is -0.119. The first-order chi connectivity index (χ1) is 13.1. The van der Waals surface area contributed by atoms with Gasteiger partial charge in [0.25, 0.3) is 0 Å². The monoisotopic (exact) mass is 408 g/mol. The summed E-state index contributed by atoms with van der Waals surface area (Å²) in [6.07, 6.45) is 4.47. The Hall–Kier alpha value is -2.06. The van der Waals surface area contributed by atoms with E-state index < -0.39 is 6.03 Å². The van der Waals surface area contributed by atoms with Gasteiger partial charge in [-0.3, -0.25) is 10.1 Å². The molecule has 2 N–H and O–H groups in total. The smallest absolute Gasteiger partial charge is 0.321 e. The van der Waals surface area contributed by atoms with E-state index in [0.717, 1.165) is 25.7 Å². The topological polar surface area (TPSA) is 97.1 Å². The number of hydrogen-bond donors (Lipinski definition) is 2. The van der Waals surface area contributed by atoms with Crippen LogP contribution >= 0.6 is 23.4 Å². The molecular weight excluding hydrogens is 388 g/mol. The van der Waals surface area contributed by atoms with E-state index in [2.05, 4.69) is 20.8 Å². The summed E-state index contributed by atoms with van der Waals surface area (Å²) in [6, 6.07) is 7.07. The molecule has 1 aromatic heterocycles. The van der Waals surface area contributed by atoms with E-state index in [1.165, 1.54) is 11.8 Å². The lowest BCUT2D eigenvalue weighted by Crippen LogP contribution is -2.43. The summed E-state index contributed by atoms with van der Waals surface area (Å²) >= 11 is 7.61. The van der Waals surface area contributed by atoms with Crippen molar-refractivity contribution >= 4 is 35.3 Å². The first-order valence-corrected chi connectivity index (χ1v) is 10.4. The molecule has 1 aromatic carbocycles. The van der Waals surface area contributed by atoms with Gasteiger partial charge in [-0.1, -0.05) is 41.7 Å². The van der Waals surface area contributed by atoms with Crippen LogP contribution in [0.2, 0.25) is 5.02 Å². The Morgan fingerprint density at radius 2 is 2.04 bits per heavy atom. The highest BCUT2D eigenvalue weighted by Crippen LogP contribution is 2.25. The van der Waals surface area contributed by atoms with Crippen LogP contribution < -0.4 is 10.6 Å². The Kier molecular flexibility index (Phi) is 7.11. The first-order valence-electron chi connectivity index (χ1n) is 8.87. The predicted molar refractivity (Wildman–Crippen MR) is 104 cm³/mol.